The zero-order valence-electron chi connectivity index (χ0n) is 9.28. The number of benzene rings is 1. The number of carbonyl (C=O) groups is 1. The molecule has 0 unspecified atom stereocenters. The number of H-pyrrole nitrogens is 1. The van der Waals surface area contributed by atoms with Crippen molar-refractivity contribution in [2.75, 3.05) is 0 Å². The molecule has 7 heteroatoms. The number of hydrogen-bond donors (Lipinski definition) is 2. The lowest BCUT2D eigenvalue weighted by molar-refractivity contribution is 0.0699. The van der Waals surface area contributed by atoms with Crippen molar-refractivity contribution >= 4 is 44.5 Å². The Hall–Kier alpha value is -1.79. The van der Waals surface area contributed by atoms with Crippen LogP contribution in [0.3, 0.4) is 0 Å². The number of aromatic amines is 1. The van der Waals surface area contributed by atoms with E-state index in [1.54, 1.807) is 12.1 Å². The third-order valence-corrected chi connectivity index (χ3v) is 3.41. The van der Waals surface area contributed by atoms with E-state index in [9.17, 15) is 9.90 Å². The third-order valence-electron chi connectivity index (χ3n) is 2.65. The molecule has 5 nitrogen and oxygen atoms in total. The Balaban J connectivity index is 2.29. The maximum absolute atomic E-state index is 11.2. The minimum Gasteiger partial charge on any atom is -0.478 e. The summed E-state index contributed by atoms with van der Waals surface area (Å²) in [7, 11) is 0. The summed E-state index contributed by atoms with van der Waals surface area (Å²) in [6.45, 7) is 0. The van der Waals surface area contributed by atoms with E-state index in [2.05, 4.69) is 25.9 Å². The highest BCUT2D eigenvalue weighted by atomic mass is 79.9. The number of rotatable bonds is 2. The second-order valence-electron chi connectivity index (χ2n) is 3.85. The highest BCUT2D eigenvalue weighted by Crippen LogP contribution is 2.30. The van der Waals surface area contributed by atoms with Crippen molar-refractivity contribution in [3.63, 3.8) is 0 Å². The molecule has 0 saturated heterocycles. The highest BCUT2D eigenvalue weighted by Gasteiger charge is 2.17. The fraction of sp³-hybridized carbons (Fsp3) is 0. The molecule has 96 valence electrons. The largest absolute Gasteiger partial charge is 0.478 e. The second-order valence-corrected chi connectivity index (χ2v) is 5.11. The van der Waals surface area contributed by atoms with Gasteiger partial charge in [0.15, 0.2) is 0 Å². The molecule has 0 amide bonds. The van der Waals surface area contributed by atoms with E-state index >= 15 is 0 Å². The van der Waals surface area contributed by atoms with Crippen LogP contribution in [0.4, 0.5) is 0 Å². The maximum Gasteiger partial charge on any atom is 0.338 e. The van der Waals surface area contributed by atoms with Gasteiger partial charge in [0.2, 0.25) is 5.22 Å². The van der Waals surface area contributed by atoms with Gasteiger partial charge in [-0.25, -0.2) is 9.78 Å². The standard InChI is InChI=1S/C12H6BrClN2O3/c13-5-3-7(12(17)18)9-8(4-5)15-11(16-9)6-1-2-19-10(6)14/h1-4H,(H,15,16)(H,17,18). The van der Waals surface area contributed by atoms with Gasteiger partial charge in [-0.3, -0.25) is 0 Å². The molecule has 0 aliphatic rings. The van der Waals surface area contributed by atoms with Crippen LogP contribution in [-0.2, 0) is 0 Å². The molecule has 0 bridgehead atoms. The van der Waals surface area contributed by atoms with Crippen LogP contribution in [0.25, 0.3) is 22.4 Å². The summed E-state index contributed by atoms with van der Waals surface area (Å²) in [5.74, 6) is -0.572. The van der Waals surface area contributed by atoms with E-state index in [-0.39, 0.29) is 10.8 Å². The van der Waals surface area contributed by atoms with E-state index in [0.717, 1.165) is 0 Å². The number of halogens is 2. The number of nitrogens with one attached hydrogen (secondary N) is 1. The molecule has 0 aliphatic heterocycles. The number of imidazole rings is 1. The van der Waals surface area contributed by atoms with Crippen molar-refractivity contribution in [1.29, 1.82) is 0 Å². The van der Waals surface area contributed by atoms with Gasteiger partial charge in [-0.15, -0.1) is 0 Å². The van der Waals surface area contributed by atoms with Gasteiger partial charge in [-0.1, -0.05) is 15.9 Å². The Morgan fingerprint density at radius 1 is 1.47 bits per heavy atom. The van der Waals surface area contributed by atoms with Crippen LogP contribution in [0.5, 0.6) is 0 Å². The third kappa shape index (κ3) is 2.02. The summed E-state index contributed by atoms with van der Waals surface area (Å²) in [6, 6.07) is 4.92. The number of carboxylic acids is 1. The number of aromatic nitrogens is 2. The van der Waals surface area contributed by atoms with Gasteiger partial charge in [-0.05, 0) is 29.8 Å². The number of fused-ring (bicyclic) bond motifs is 1. The highest BCUT2D eigenvalue weighted by molar-refractivity contribution is 9.10. The molecule has 19 heavy (non-hydrogen) atoms. The molecule has 1 aromatic carbocycles. The topological polar surface area (TPSA) is 79.1 Å². The van der Waals surface area contributed by atoms with Crippen molar-refractivity contribution in [2.24, 2.45) is 0 Å². The molecule has 3 aromatic rings. The molecule has 0 fully saturated rings. The minimum atomic E-state index is -1.04. The van der Waals surface area contributed by atoms with E-state index in [0.29, 0.717) is 26.9 Å². The Kier molecular flexibility index (Phi) is 2.83. The predicted octanol–water partition coefficient (Wildman–Crippen LogP) is 3.94. The molecule has 2 heterocycles. The van der Waals surface area contributed by atoms with Gasteiger partial charge in [0.1, 0.15) is 11.3 Å². The maximum atomic E-state index is 11.2. The first-order valence-electron chi connectivity index (χ1n) is 5.22. The van der Waals surface area contributed by atoms with Crippen LogP contribution in [0.2, 0.25) is 5.22 Å². The molecule has 2 aromatic heterocycles. The van der Waals surface area contributed by atoms with Crippen molar-refractivity contribution in [3.8, 4) is 11.4 Å². The minimum absolute atomic E-state index is 0.117. The molecule has 2 N–H and O–H groups in total. The zero-order chi connectivity index (χ0) is 13.6. The van der Waals surface area contributed by atoms with E-state index in [1.165, 1.54) is 12.3 Å². The lowest BCUT2D eigenvalue weighted by atomic mass is 10.2. The molecular formula is C12H6BrClN2O3. The summed E-state index contributed by atoms with van der Waals surface area (Å²) < 4.78 is 5.65. The number of hydrogen-bond acceptors (Lipinski definition) is 3. The van der Waals surface area contributed by atoms with Crippen LogP contribution >= 0.6 is 27.5 Å². The Labute approximate surface area is 120 Å². The van der Waals surface area contributed by atoms with Crippen LogP contribution in [0.15, 0.2) is 33.4 Å². The first-order chi connectivity index (χ1) is 9.06. The van der Waals surface area contributed by atoms with Gasteiger partial charge >= 0.3 is 5.97 Å². The average Bonchev–Trinajstić information content (AvgIpc) is 2.93. The monoisotopic (exact) mass is 340 g/mol. The molecule has 0 spiro atoms. The number of furan rings is 1. The average molecular weight is 342 g/mol. The summed E-state index contributed by atoms with van der Waals surface area (Å²) in [5.41, 5.74) is 1.69. The molecule has 0 saturated carbocycles. The van der Waals surface area contributed by atoms with Crippen LogP contribution < -0.4 is 0 Å². The lowest BCUT2D eigenvalue weighted by Crippen LogP contribution is -1.97. The fourth-order valence-electron chi connectivity index (χ4n) is 1.84. The number of carboxylic acid groups (broad SMARTS) is 1. The van der Waals surface area contributed by atoms with Gasteiger partial charge in [0.05, 0.1) is 22.9 Å². The summed E-state index contributed by atoms with van der Waals surface area (Å²) in [4.78, 5) is 18.5. The Morgan fingerprint density at radius 3 is 2.89 bits per heavy atom. The first-order valence-corrected chi connectivity index (χ1v) is 6.39. The van der Waals surface area contributed by atoms with Crippen molar-refractivity contribution in [2.45, 2.75) is 0 Å². The van der Waals surface area contributed by atoms with Gasteiger partial charge in [0, 0.05) is 4.47 Å². The quantitative estimate of drug-likeness (QED) is 0.740. The first kappa shape index (κ1) is 12.3. The van der Waals surface area contributed by atoms with Crippen LogP contribution in [0, 0.1) is 0 Å². The van der Waals surface area contributed by atoms with Crippen LogP contribution in [-0.4, -0.2) is 21.0 Å². The van der Waals surface area contributed by atoms with Crippen molar-refractivity contribution < 1.29 is 14.3 Å². The van der Waals surface area contributed by atoms with Gasteiger partial charge in [0.25, 0.3) is 0 Å². The lowest BCUT2D eigenvalue weighted by Gasteiger charge is -1.96. The molecular weight excluding hydrogens is 336 g/mol. The molecule has 0 radical (unpaired) electrons. The van der Waals surface area contributed by atoms with E-state index in [1.807, 2.05) is 0 Å². The van der Waals surface area contributed by atoms with Gasteiger partial charge < -0.3 is 14.5 Å². The summed E-state index contributed by atoms with van der Waals surface area (Å²) in [5, 5.41) is 9.39. The Bertz CT molecular complexity index is 793. The predicted molar refractivity (Wildman–Crippen MR) is 73.5 cm³/mol. The van der Waals surface area contributed by atoms with Crippen LogP contribution in [0.1, 0.15) is 10.4 Å². The molecule has 0 aliphatic carbocycles. The summed E-state index contributed by atoms with van der Waals surface area (Å²) in [6.07, 6.45) is 1.44. The van der Waals surface area contributed by atoms with E-state index < -0.39 is 5.97 Å². The Morgan fingerprint density at radius 2 is 2.26 bits per heavy atom. The van der Waals surface area contributed by atoms with Crippen molar-refractivity contribution in [1.82, 2.24) is 9.97 Å². The zero-order valence-corrected chi connectivity index (χ0v) is 11.6. The number of nitrogens with zero attached hydrogens (tertiary/aromatic N) is 1. The van der Waals surface area contributed by atoms with E-state index in [4.69, 9.17) is 16.0 Å². The normalized spacial score (nSPS) is 11.1. The molecule has 0 atom stereocenters. The van der Waals surface area contributed by atoms with Crippen molar-refractivity contribution in [3.05, 3.63) is 39.7 Å². The number of aromatic carboxylic acids is 1. The van der Waals surface area contributed by atoms with Gasteiger partial charge in [-0.2, -0.15) is 0 Å². The molecule has 3 rings (SSSR count). The summed E-state index contributed by atoms with van der Waals surface area (Å²) >= 11 is 9.15. The fourth-order valence-corrected chi connectivity index (χ4v) is 2.50. The second kappa shape index (κ2) is 4.40. The smallest absolute Gasteiger partial charge is 0.338 e. The SMILES string of the molecule is O=C(O)c1cc(Br)cc2[nH]c(-c3ccoc3Cl)nc12.